The molecular weight excluding hydrogens is 275 g/mol. The number of aromatic nitrogens is 1. The quantitative estimate of drug-likeness (QED) is 0.836. The molecule has 114 valence electrons. The molecule has 2 rings (SSSR count). The number of amides is 1. The average molecular weight is 294 g/mol. The van der Waals surface area contributed by atoms with E-state index in [2.05, 4.69) is 10.3 Å². The molecule has 1 aromatic rings. The number of halogens is 1. The van der Waals surface area contributed by atoms with Crippen molar-refractivity contribution in [3.05, 3.63) is 29.8 Å². The SMILES string of the molecule is O=C(NCC1(C(=O)O)CCCCCC1)c1cncc(F)c1. The topological polar surface area (TPSA) is 79.3 Å². The summed E-state index contributed by atoms with van der Waals surface area (Å²) in [5.74, 6) is -1.96. The molecule has 0 aromatic carbocycles. The van der Waals surface area contributed by atoms with Crippen molar-refractivity contribution in [1.82, 2.24) is 10.3 Å². The fraction of sp³-hybridized carbons (Fsp3) is 0.533. The van der Waals surface area contributed by atoms with Crippen LogP contribution in [0.4, 0.5) is 4.39 Å². The van der Waals surface area contributed by atoms with E-state index in [9.17, 15) is 19.1 Å². The lowest BCUT2D eigenvalue weighted by Crippen LogP contribution is -2.43. The van der Waals surface area contributed by atoms with Crippen LogP contribution in [0.5, 0.6) is 0 Å². The summed E-state index contributed by atoms with van der Waals surface area (Å²) in [4.78, 5) is 27.2. The van der Waals surface area contributed by atoms with Crippen LogP contribution < -0.4 is 5.32 Å². The monoisotopic (exact) mass is 294 g/mol. The van der Waals surface area contributed by atoms with Crippen molar-refractivity contribution < 1.29 is 19.1 Å². The highest BCUT2D eigenvalue weighted by Crippen LogP contribution is 2.34. The van der Waals surface area contributed by atoms with E-state index in [1.54, 1.807) is 0 Å². The van der Waals surface area contributed by atoms with Gasteiger partial charge in [-0.2, -0.15) is 0 Å². The maximum absolute atomic E-state index is 13.0. The van der Waals surface area contributed by atoms with E-state index < -0.39 is 23.1 Å². The first-order chi connectivity index (χ1) is 10.0. The Labute approximate surface area is 122 Å². The second kappa shape index (κ2) is 6.65. The number of hydrogen-bond acceptors (Lipinski definition) is 3. The van der Waals surface area contributed by atoms with Gasteiger partial charge in [0.15, 0.2) is 0 Å². The number of hydrogen-bond donors (Lipinski definition) is 2. The summed E-state index contributed by atoms with van der Waals surface area (Å²) in [6.45, 7) is 0.0671. The Balaban J connectivity index is 2.04. The first-order valence-corrected chi connectivity index (χ1v) is 7.16. The molecule has 0 bridgehead atoms. The Morgan fingerprint density at radius 2 is 1.90 bits per heavy atom. The number of carboxylic acids is 1. The van der Waals surface area contributed by atoms with Gasteiger partial charge >= 0.3 is 5.97 Å². The van der Waals surface area contributed by atoms with Crippen molar-refractivity contribution in [1.29, 1.82) is 0 Å². The van der Waals surface area contributed by atoms with Crippen LogP contribution in [-0.4, -0.2) is 28.5 Å². The summed E-state index contributed by atoms with van der Waals surface area (Å²) in [5, 5.41) is 12.1. The van der Waals surface area contributed by atoms with Crippen LogP contribution >= 0.6 is 0 Å². The van der Waals surface area contributed by atoms with Crippen molar-refractivity contribution in [3.63, 3.8) is 0 Å². The lowest BCUT2D eigenvalue weighted by molar-refractivity contribution is -0.149. The molecule has 1 aromatic heterocycles. The van der Waals surface area contributed by atoms with E-state index in [4.69, 9.17) is 0 Å². The Kier molecular flexibility index (Phi) is 4.88. The molecule has 0 atom stereocenters. The minimum atomic E-state index is -0.910. The average Bonchev–Trinajstić information content (AvgIpc) is 2.71. The van der Waals surface area contributed by atoms with E-state index in [0.29, 0.717) is 12.8 Å². The zero-order valence-electron chi connectivity index (χ0n) is 11.8. The van der Waals surface area contributed by atoms with Crippen LogP contribution in [0.3, 0.4) is 0 Å². The summed E-state index contributed by atoms with van der Waals surface area (Å²) in [6.07, 6.45) is 7.15. The third-order valence-electron chi connectivity index (χ3n) is 4.07. The normalized spacial score (nSPS) is 17.8. The summed E-state index contributed by atoms with van der Waals surface area (Å²) in [7, 11) is 0. The third kappa shape index (κ3) is 3.77. The lowest BCUT2D eigenvalue weighted by atomic mass is 9.80. The zero-order valence-corrected chi connectivity index (χ0v) is 11.8. The van der Waals surface area contributed by atoms with Gasteiger partial charge in [-0.05, 0) is 18.9 Å². The van der Waals surface area contributed by atoms with Gasteiger partial charge in [-0.15, -0.1) is 0 Å². The highest BCUT2D eigenvalue weighted by Gasteiger charge is 2.38. The molecule has 1 aliphatic rings. The minimum Gasteiger partial charge on any atom is -0.481 e. The number of rotatable bonds is 4. The molecule has 1 heterocycles. The second-order valence-corrected chi connectivity index (χ2v) is 5.57. The maximum atomic E-state index is 13.0. The number of aliphatic carboxylic acids is 1. The molecular formula is C15H19FN2O3. The van der Waals surface area contributed by atoms with Crippen molar-refractivity contribution in [2.75, 3.05) is 6.54 Å². The van der Waals surface area contributed by atoms with Gasteiger partial charge in [0, 0.05) is 12.7 Å². The fourth-order valence-electron chi connectivity index (χ4n) is 2.76. The molecule has 0 unspecified atom stereocenters. The van der Waals surface area contributed by atoms with E-state index >= 15 is 0 Å². The number of nitrogens with zero attached hydrogens (tertiary/aromatic N) is 1. The van der Waals surface area contributed by atoms with E-state index in [1.807, 2.05) is 0 Å². The molecule has 1 aliphatic carbocycles. The Hall–Kier alpha value is -1.98. The van der Waals surface area contributed by atoms with Crippen LogP contribution in [0.1, 0.15) is 48.9 Å². The van der Waals surface area contributed by atoms with Crippen molar-refractivity contribution in [2.24, 2.45) is 5.41 Å². The summed E-state index contributed by atoms with van der Waals surface area (Å²) >= 11 is 0. The van der Waals surface area contributed by atoms with Gasteiger partial charge in [0.1, 0.15) is 5.82 Å². The van der Waals surface area contributed by atoms with Gasteiger partial charge in [0.05, 0.1) is 17.2 Å². The number of carbonyl (C=O) groups is 2. The molecule has 6 heteroatoms. The fourth-order valence-corrected chi connectivity index (χ4v) is 2.76. The molecule has 0 spiro atoms. The largest absolute Gasteiger partial charge is 0.481 e. The molecule has 0 saturated heterocycles. The Morgan fingerprint density at radius 1 is 1.24 bits per heavy atom. The van der Waals surface area contributed by atoms with Crippen molar-refractivity contribution in [3.8, 4) is 0 Å². The molecule has 1 saturated carbocycles. The van der Waals surface area contributed by atoms with Gasteiger partial charge in [-0.25, -0.2) is 4.39 Å². The number of carboxylic acid groups (broad SMARTS) is 1. The number of pyridine rings is 1. The predicted molar refractivity (Wildman–Crippen MR) is 74.3 cm³/mol. The van der Waals surface area contributed by atoms with E-state index in [1.165, 1.54) is 6.20 Å². The van der Waals surface area contributed by atoms with Crippen LogP contribution in [-0.2, 0) is 4.79 Å². The van der Waals surface area contributed by atoms with E-state index in [-0.39, 0.29) is 12.1 Å². The summed E-state index contributed by atoms with van der Waals surface area (Å²) in [5.41, 5.74) is -0.809. The molecule has 1 amide bonds. The number of carbonyl (C=O) groups excluding carboxylic acids is 1. The number of nitrogens with one attached hydrogen (secondary N) is 1. The van der Waals surface area contributed by atoms with Gasteiger partial charge in [-0.1, -0.05) is 25.7 Å². The highest BCUT2D eigenvalue weighted by atomic mass is 19.1. The van der Waals surface area contributed by atoms with Crippen LogP contribution in [0.2, 0.25) is 0 Å². The van der Waals surface area contributed by atoms with Crippen LogP contribution in [0.15, 0.2) is 18.5 Å². The molecule has 0 aliphatic heterocycles. The smallest absolute Gasteiger partial charge is 0.311 e. The first-order valence-electron chi connectivity index (χ1n) is 7.16. The van der Waals surface area contributed by atoms with Gasteiger partial charge in [-0.3, -0.25) is 14.6 Å². The van der Waals surface area contributed by atoms with Crippen molar-refractivity contribution in [2.45, 2.75) is 38.5 Å². The minimum absolute atomic E-state index is 0.0671. The zero-order chi connectivity index (χ0) is 15.3. The molecule has 21 heavy (non-hydrogen) atoms. The molecule has 2 N–H and O–H groups in total. The standard InChI is InChI=1S/C15H19FN2O3/c16-12-7-11(8-17-9-12)13(19)18-10-15(14(20)21)5-3-1-2-4-6-15/h7-9H,1-6,10H2,(H,18,19)(H,20,21). The lowest BCUT2D eigenvalue weighted by Gasteiger charge is -2.28. The summed E-state index contributed by atoms with van der Waals surface area (Å²) in [6, 6.07) is 1.09. The first kappa shape index (κ1) is 15.4. The van der Waals surface area contributed by atoms with Crippen LogP contribution in [0, 0.1) is 11.2 Å². The van der Waals surface area contributed by atoms with E-state index in [0.717, 1.165) is 37.9 Å². The Bertz CT molecular complexity index is 525. The van der Waals surface area contributed by atoms with Crippen LogP contribution in [0.25, 0.3) is 0 Å². The van der Waals surface area contributed by atoms with Gasteiger partial charge in [0.2, 0.25) is 0 Å². The molecule has 1 fully saturated rings. The predicted octanol–water partition coefficient (Wildman–Crippen LogP) is 2.38. The van der Waals surface area contributed by atoms with Crippen molar-refractivity contribution >= 4 is 11.9 Å². The molecule has 0 radical (unpaired) electrons. The maximum Gasteiger partial charge on any atom is 0.311 e. The Morgan fingerprint density at radius 3 is 2.48 bits per heavy atom. The third-order valence-corrected chi connectivity index (χ3v) is 4.07. The highest BCUT2D eigenvalue weighted by molar-refractivity contribution is 5.94. The molecule has 5 nitrogen and oxygen atoms in total. The second-order valence-electron chi connectivity index (χ2n) is 5.57. The van der Waals surface area contributed by atoms with Gasteiger partial charge < -0.3 is 10.4 Å². The van der Waals surface area contributed by atoms with Gasteiger partial charge in [0.25, 0.3) is 5.91 Å². The summed E-state index contributed by atoms with van der Waals surface area (Å²) < 4.78 is 13.0.